The fraction of sp³-hybridized carbons (Fsp3) is 0.474. The van der Waals surface area contributed by atoms with Crippen molar-refractivity contribution in [3.05, 3.63) is 24.3 Å². The molecular formula is C19H29N4O2+. The average molecular weight is 345 g/mol. The van der Waals surface area contributed by atoms with Crippen molar-refractivity contribution >= 4 is 33.9 Å². The highest BCUT2D eigenvalue weighted by Gasteiger charge is 2.46. The van der Waals surface area contributed by atoms with Crippen molar-refractivity contribution in [1.29, 1.82) is 0 Å². The number of rotatable bonds is 6. The Balaban J connectivity index is 0.00000225. The Hall–Kier alpha value is -2.02. The lowest BCUT2D eigenvalue weighted by Crippen LogP contribution is -2.56. The molecule has 25 heavy (non-hydrogen) atoms. The van der Waals surface area contributed by atoms with Gasteiger partial charge in [0, 0.05) is 5.92 Å². The monoisotopic (exact) mass is 345 g/mol. The van der Waals surface area contributed by atoms with Gasteiger partial charge < -0.3 is 16.3 Å². The van der Waals surface area contributed by atoms with Crippen LogP contribution in [0.15, 0.2) is 29.3 Å². The van der Waals surface area contributed by atoms with Crippen molar-refractivity contribution < 1.29 is 10.6 Å². The summed E-state index contributed by atoms with van der Waals surface area (Å²) < 4.78 is 0.602. The molecule has 0 saturated heterocycles. The van der Waals surface area contributed by atoms with Crippen LogP contribution in [0.5, 0.6) is 0 Å². The maximum absolute atomic E-state index is 10.0. The second-order valence-corrected chi connectivity index (χ2v) is 7.02. The summed E-state index contributed by atoms with van der Waals surface area (Å²) in [5, 5.41) is 11.1. The van der Waals surface area contributed by atoms with Crippen molar-refractivity contribution in [3.8, 4) is 0 Å². The molecule has 0 spiro atoms. The highest BCUT2D eigenvalue weighted by atomic mass is 16.3. The van der Waals surface area contributed by atoms with E-state index in [0.29, 0.717) is 16.2 Å². The van der Waals surface area contributed by atoms with E-state index in [1.165, 1.54) is 0 Å². The van der Waals surface area contributed by atoms with Gasteiger partial charge in [-0.15, -0.1) is 0 Å². The van der Waals surface area contributed by atoms with Gasteiger partial charge in [-0.3, -0.25) is 0 Å². The first-order chi connectivity index (χ1) is 11.5. The largest absolute Gasteiger partial charge is 0.412 e. The van der Waals surface area contributed by atoms with Crippen molar-refractivity contribution in [2.24, 2.45) is 10.9 Å². The average Bonchev–Trinajstić information content (AvgIpc) is 2.88. The lowest BCUT2D eigenvalue weighted by atomic mass is 10.0. The van der Waals surface area contributed by atoms with E-state index in [-0.39, 0.29) is 12.1 Å². The molecule has 0 radical (unpaired) electrons. The number of para-hydroxylation sites is 1. The summed E-state index contributed by atoms with van der Waals surface area (Å²) in [7, 11) is 0. The third-order valence-corrected chi connectivity index (χ3v) is 4.74. The predicted octanol–water partition coefficient (Wildman–Crippen LogP) is 2.79. The molecule has 1 aromatic carbocycles. The maximum Gasteiger partial charge on any atom is 0.235 e. The van der Waals surface area contributed by atoms with E-state index in [1.54, 1.807) is 0 Å². The maximum atomic E-state index is 10.0. The number of aliphatic hydroxyl groups is 1. The van der Waals surface area contributed by atoms with E-state index in [1.807, 2.05) is 18.2 Å². The quantitative estimate of drug-likeness (QED) is 0.787. The topological polar surface area (TPSA) is 103 Å². The number of aromatic nitrogens is 1. The predicted molar refractivity (Wildman–Crippen MR) is 105 cm³/mol. The van der Waals surface area contributed by atoms with Crippen LogP contribution in [-0.2, 0) is 0 Å². The first-order valence-electron chi connectivity index (χ1n) is 8.78. The van der Waals surface area contributed by atoms with Crippen LogP contribution in [-0.4, -0.2) is 41.1 Å². The van der Waals surface area contributed by atoms with E-state index in [2.05, 4.69) is 31.8 Å². The summed E-state index contributed by atoms with van der Waals surface area (Å²) in [4.78, 5) is 9.25. The minimum absolute atomic E-state index is 0. The van der Waals surface area contributed by atoms with Gasteiger partial charge in [-0.05, 0) is 18.6 Å². The summed E-state index contributed by atoms with van der Waals surface area (Å²) in [5.41, 5.74) is 8.98. The van der Waals surface area contributed by atoms with Crippen LogP contribution >= 0.6 is 0 Å². The third-order valence-electron chi connectivity index (χ3n) is 4.74. The van der Waals surface area contributed by atoms with Crippen molar-refractivity contribution in [1.82, 2.24) is 9.47 Å². The molecule has 1 aliphatic heterocycles. The molecule has 1 aromatic heterocycles. The lowest BCUT2D eigenvalue weighted by Gasteiger charge is -2.36. The van der Waals surface area contributed by atoms with E-state index >= 15 is 0 Å². The van der Waals surface area contributed by atoms with Crippen LogP contribution in [0.25, 0.3) is 10.9 Å². The van der Waals surface area contributed by atoms with Gasteiger partial charge in [0.25, 0.3) is 0 Å². The molecule has 1 aliphatic rings. The van der Waals surface area contributed by atoms with Crippen LogP contribution in [0, 0.1) is 5.92 Å². The molecule has 6 nitrogen and oxygen atoms in total. The van der Waals surface area contributed by atoms with Gasteiger partial charge in [-0.25, -0.2) is 9.47 Å². The molecule has 0 aliphatic carbocycles. The number of unbranched alkanes of at least 4 members (excludes halogenated alkanes) is 1. The molecule has 0 amide bonds. The van der Waals surface area contributed by atoms with Crippen LogP contribution < -0.4 is 10.2 Å². The number of amidine groups is 1. The van der Waals surface area contributed by atoms with Gasteiger partial charge in [-0.2, -0.15) is 4.99 Å². The zero-order valence-corrected chi connectivity index (χ0v) is 15.3. The van der Waals surface area contributed by atoms with Crippen LogP contribution in [0.4, 0.5) is 17.2 Å². The van der Waals surface area contributed by atoms with Gasteiger partial charge in [0.2, 0.25) is 5.84 Å². The molecule has 0 bridgehead atoms. The number of nitrogen functional groups attached to an aromatic ring is 1. The molecule has 6 heteroatoms. The number of benzene rings is 1. The molecule has 3 rings (SSSR count). The zero-order valence-electron chi connectivity index (χ0n) is 15.3. The van der Waals surface area contributed by atoms with Crippen molar-refractivity contribution in [2.45, 2.75) is 33.6 Å². The third kappa shape index (κ3) is 3.13. The summed E-state index contributed by atoms with van der Waals surface area (Å²) in [6.07, 6.45) is 2.17. The Morgan fingerprint density at radius 2 is 1.96 bits per heavy atom. The van der Waals surface area contributed by atoms with E-state index < -0.39 is 0 Å². The minimum Gasteiger partial charge on any atom is -0.412 e. The minimum atomic E-state index is -0.0567. The molecule has 2 aromatic rings. The molecule has 0 fully saturated rings. The molecule has 136 valence electrons. The number of hydrogen-bond donors (Lipinski definition) is 2. The fourth-order valence-corrected chi connectivity index (χ4v) is 3.85. The number of aliphatic hydroxyl groups excluding tert-OH is 1. The SMILES string of the molecule is CCCC[N+]1(CC(C)C)C(CO)=Nc2c(N)nc3ccccc3c21.O. The smallest absolute Gasteiger partial charge is 0.235 e. The van der Waals surface area contributed by atoms with Crippen LogP contribution in [0.3, 0.4) is 0 Å². The van der Waals surface area contributed by atoms with E-state index in [0.717, 1.165) is 54.0 Å². The van der Waals surface area contributed by atoms with Gasteiger partial charge in [0.05, 0.1) is 24.0 Å². The van der Waals surface area contributed by atoms with Gasteiger partial charge in [-0.1, -0.05) is 39.3 Å². The van der Waals surface area contributed by atoms with Gasteiger partial charge in [0.15, 0.2) is 17.2 Å². The number of anilines is 1. The number of nitrogens with zero attached hydrogens (tertiary/aromatic N) is 3. The van der Waals surface area contributed by atoms with Crippen molar-refractivity contribution in [2.75, 3.05) is 25.4 Å². The number of nitrogens with two attached hydrogens (primary N) is 1. The standard InChI is InChI=1S/C19H27N4O.H2O/c1-4-5-10-23(11-13(2)3)16(12-24)22-17-18(23)14-8-6-7-9-15(14)21-19(17)20;/h6-9,13,24H,4-5,10-12H2,1-3H3,(H2,20,21);1H2/q+1;. The number of quaternary nitrogens is 1. The van der Waals surface area contributed by atoms with Gasteiger partial charge in [0.1, 0.15) is 6.61 Å². The second-order valence-electron chi connectivity index (χ2n) is 7.02. The molecule has 2 heterocycles. The molecule has 1 atom stereocenters. The number of aliphatic imine (C=N–C) groups is 1. The lowest BCUT2D eigenvalue weighted by molar-refractivity contribution is 0.304. The molecule has 1 unspecified atom stereocenters. The summed E-state index contributed by atoms with van der Waals surface area (Å²) in [5.74, 6) is 1.71. The highest BCUT2D eigenvalue weighted by Crippen LogP contribution is 2.48. The molecular weight excluding hydrogens is 316 g/mol. The Morgan fingerprint density at radius 1 is 1.24 bits per heavy atom. The Morgan fingerprint density at radius 3 is 2.60 bits per heavy atom. The zero-order chi connectivity index (χ0) is 17.3. The number of pyridine rings is 1. The van der Waals surface area contributed by atoms with Crippen molar-refractivity contribution in [3.63, 3.8) is 0 Å². The number of hydrogen-bond acceptors (Lipinski definition) is 4. The normalized spacial score (nSPS) is 19.0. The first kappa shape index (κ1) is 19.3. The van der Waals surface area contributed by atoms with Gasteiger partial charge >= 0.3 is 0 Å². The Bertz CT molecular complexity index is 788. The van der Waals surface area contributed by atoms with Crippen LogP contribution in [0.2, 0.25) is 0 Å². The second kappa shape index (κ2) is 7.47. The summed E-state index contributed by atoms with van der Waals surface area (Å²) in [6, 6.07) is 8.09. The first-order valence-corrected chi connectivity index (χ1v) is 8.78. The fourth-order valence-electron chi connectivity index (χ4n) is 3.85. The molecule has 0 saturated carbocycles. The van der Waals surface area contributed by atoms with E-state index in [9.17, 15) is 5.11 Å². The summed E-state index contributed by atoms with van der Waals surface area (Å²) in [6.45, 7) is 8.39. The molecule has 5 N–H and O–H groups in total. The number of fused-ring (bicyclic) bond motifs is 3. The summed E-state index contributed by atoms with van der Waals surface area (Å²) >= 11 is 0. The highest BCUT2D eigenvalue weighted by molar-refractivity contribution is 6.13. The Labute approximate surface area is 148 Å². The Kier molecular flexibility index (Phi) is 5.77. The van der Waals surface area contributed by atoms with E-state index in [4.69, 9.17) is 10.7 Å². The van der Waals surface area contributed by atoms with Crippen LogP contribution in [0.1, 0.15) is 33.6 Å².